The molecule has 2 heteroatoms. The maximum atomic E-state index is 9.91. The standard InChI is InChI=1S/C9H17NO/c1-2-8-4-3-5-9(8)6-7-10-11/h8-9H,2-7H2,1H3. The zero-order valence-corrected chi connectivity index (χ0v) is 7.25. The van der Waals surface area contributed by atoms with Gasteiger partial charge in [-0.2, -0.15) is 4.91 Å². The summed E-state index contributed by atoms with van der Waals surface area (Å²) >= 11 is 0. The number of hydrogen-bond acceptors (Lipinski definition) is 2. The Morgan fingerprint density at radius 2 is 2.09 bits per heavy atom. The molecule has 0 aromatic heterocycles. The highest BCUT2D eigenvalue weighted by Crippen LogP contribution is 2.35. The van der Waals surface area contributed by atoms with Crippen LogP contribution in [0.4, 0.5) is 0 Å². The number of nitrogens with zero attached hydrogens (tertiary/aromatic N) is 1. The minimum Gasteiger partial charge on any atom is -0.151 e. The van der Waals surface area contributed by atoms with E-state index in [-0.39, 0.29) is 0 Å². The monoisotopic (exact) mass is 155 g/mol. The lowest BCUT2D eigenvalue weighted by atomic mass is 9.91. The summed E-state index contributed by atoms with van der Waals surface area (Å²) in [7, 11) is 0. The molecule has 0 aromatic carbocycles. The van der Waals surface area contributed by atoms with Crippen LogP contribution in [0.15, 0.2) is 5.18 Å². The maximum absolute atomic E-state index is 9.91. The molecule has 1 aliphatic rings. The fourth-order valence-corrected chi connectivity index (χ4v) is 2.25. The quantitative estimate of drug-likeness (QED) is 0.574. The van der Waals surface area contributed by atoms with Gasteiger partial charge in [-0.25, -0.2) is 0 Å². The van der Waals surface area contributed by atoms with Crippen LogP contribution < -0.4 is 0 Å². The van der Waals surface area contributed by atoms with Crippen LogP contribution in [0.25, 0.3) is 0 Å². The molecule has 0 aliphatic heterocycles. The van der Waals surface area contributed by atoms with Gasteiger partial charge in [0.25, 0.3) is 0 Å². The molecule has 1 rings (SSSR count). The third-order valence-electron chi connectivity index (χ3n) is 2.93. The van der Waals surface area contributed by atoms with E-state index >= 15 is 0 Å². The second-order valence-electron chi connectivity index (χ2n) is 3.50. The molecule has 0 heterocycles. The van der Waals surface area contributed by atoms with Crippen LogP contribution >= 0.6 is 0 Å². The summed E-state index contributed by atoms with van der Waals surface area (Å²) in [6, 6.07) is 0. The molecular formula is C9H17NO. The number of hydrogen-bond donors (Lipinski definition) is 0. The van der Waals surface area contributed by atoms with Crippen LogP contribution in [0.2, 0.25) is 0 Å². The van der Waals surface area contributed by atoms with E-state index < -0.39 is 0 Å². The van der Waals surface area contributed by atoms with E-state index in [0.29, 0.717) is 6.54 Å². The highest BCUT2D eigenvalue weighted by atomic mass is 16.3. The van der Waals surface area contributed by atoms with E-state index in [2.05, 4.69) is 12.1 Å². The van der Waals surface area contributed by atoms with Gasteiger partial charge in [-0.1, -0.05) is 37.8 Å². The van der Waals surface area contributed by atoms with E-state index in [4.69, 9.17) is 0 Å². The van der Waals surface area contributed by atoms with Crippen molar-refractivity contribution in [1.82, 2.24) is 0 Å². The lowest BCUT2D eigenvalue weighted by Gasteiger charge is -2.15. The fraction of sp³-hybridized carbons (Fsp3) is 1.00. The summed E-state index contributed by atoms with van der Waals surface area (Å²) in [5.74, 6) is 1.69. The second-order valence-corrected chi connectivity index (χ2v) is 3.50. The largest absolute Gasteiger partial charge is 0.151 e. The second kappa shape index (κ2) is 4.47. The first-order valence-corrected chi connectivity index (χ1v) is 4.67. The summed E-state index contributed by atoms with van der Waals surface area (Å²) in [5, 5.41) is 2.92. The first-order valence-electron chi connectivity index (χ1n) is 4.67. The van der Waals surface area contributed by atoms with Gasteiger partial charge in [0.1, 0.15) is 0 Å². The van der Waals surface area contributed by atoms with Gasteiger partial charge in [-0.3, -0.25) is 0 Å². The molecule has 1 saturated carbocycles. The molecule has 2 nitrogen and oxygen atoms in total. The Kier molecular flexibility index (Phi) is 3.53. The van der Waals surface area contributed by atoms with Crippen molar-refractivity contribution in [3.8, 4) is 0 Å². The molecule has 64 valence electrons. The first-order chi connectivity index (χ1) is 5.38. The van der Waals surface area contributed by atoms with E-state index in [1.54, 1.807) is 0 Å². The normalized spacial score (nSPS) is 30.6. The number of nitroso groups, excluding NO2 is 1. The Hall–Kier alpha value is -0.400. The fourth-order valence-electron chi connectivity index (χ4n) is 2.25. The van der Waals surface area contributed by atoms with Crippen molar-refractivity contribution < 1.29 is 0 Å². The van der Waals surface area contributed by atoms with E-state index in [9.17, 15) is 4.91 Å². The zero-order chi connectivity index (χ0) is 8.10. The van der Waals surface area contributed by atoms with Crippen LogP contribution in [0, 0.1) is 16.7 Å². The van der Waals surface area contributed by atoms with Crippen LogP contribution in [0.1, 0.15) is 39.0 Å². The van der Waals surface area contributed by atoms with E-state index in [1.807, 2.05) is 0 Å². The molecule has 0 radical (unpaired) electrons. The minimum atomic E-state index is 0.529. The van der Waals surface area contributed by atoms with Gasteiger partial charge in [0.2, 0.25) is 0 Å². The Morgan fingerprint density at radius 1 is 1.36 bits per heavy atom. The van der Waals surface area contributed by atoms with Crippen molar-refractivity contribution in [3.05, 3.63) is 4.91 Å². The van der Waals surface area contributed by atoms with Gasteiger partial charge in [0.15, 0.2) is 0 Å². The molecule has 1 aliphatic carbocycles. The van der Waals surface area contributed by atoms with Crippen molar-refractivity contribution in [2.75, 3.05) is 6.54 Å². The molecular weight excluding hydrogens is 138 g/mol. The SMILES string of the molecule is CCC1CCCC1CCN=O. The van der Waals surface area contributed by atoms with Crippen molar-refractivity contribution in [2.24, 2.45) is 17.0 Å². The van der Waals surface area contributed by atoms with Crippen LogP contribution in [0.3, 0.4) is 0 Å². The van der Waals surface area contributed by atoms with Gasteiger partial charge >= 0.3 is 0 Å². The summed E-state index contributed by atoms with van der Waals surface area (Å²) < 4.78 is 0. The number of rotatable bonds is 4. The van der Waals surface area contributed by atoms with Gasteiger partial charge < -0.3 is 0 Å². The molecule has 0 spiro atoms. The molecule has 0 bridgehead atoms. The lowest BCUT2D eigenvalue weighted by Crippen LogP contribution is -2.07. The average molecular weight is 155 g/mol. The predicted molar refractivity (Wildman–Crippen MR) is 46.4 cm³/mol. The smallest absolute Gasteiger partial charge is 0.0813 e. The summed E-state index contributed by atoms with van der Waals surface area (Å²) in [4.78, 5) is 9.91. The molecule has 0 saturated heterocycles. The molecule has 2 unspecified atom stereocenters. The highest BCUT2D eigenvalue weighted by Gasteiger charge is 2.24. The van der Waals surface area contributed by atoms with Gasteiger partial charge in [0, 0.05) is 0 Å². The Morgan fingerprint density at radius 3 is 2.73 bits per heavy atom. The van der Waals surface area contributed by atoms with Crippen LogP contribution in [0.5, 0.6) is 0 Å². The molecule has 0 amide bonds. The Balaban J connectivity index is 2.25. The third kappa shape index (κ3) is 2.28. The minimum absolute atomic E-state index is 0.529. The summed E-state index contributed by atoms with van der Waals surface area (Å²) in [5.41, 5.74) is 0. The van der Waals surface area contributed by atoms with Gasteiger partial charge in [0.05, 0.1) is 6.54 Å². The topological polar surface area (TPSA) is 29.4 Å². The van der Waals surface area contributed by atoms with Crippen molar-refractivity contribution in [3.63, 3.8) is 0 Å². The van der Waals surface area contributed by atoms with E-state index in [1.165, 1.54) is 25.7 Å². The Bertz CT molecular complexity index is 125. The van der Waals surface area contributed by atoms with Gasteiger partial charge in [-0.15, -0.1) is 0 Å². The van der Waals surface area contributed by atoms with Crippen LogP contribution in [-0.4, -0.2) is 6.54 Å². The van der Waals surface area contributed by atoms with Crippen molar-refractivity contribution in [1.29, 1.82) is 0 Å². The molecule has 11 heavy (non-hydrogen) atoms. The zero-order valence-electron chi connectivity index (χ0n) is 7.25. The summed E-state index contributed by atoms with van der Waals surface area (Å²) in [6.07, 6.45) is 6.38. The molecule has 2 atom stereocenters. The van der Waals surface area contributed by atoms with Gasteiger partial charge in [-0.05, 0) is 18.3 Å². The molecule has 0 N–H and O–H groups in total. The molecule has 1 fully saturated rings. The van der Waals surface area contributed by atoms with E-state index in [0.717, 1.165) is 18.3 Å². The van der Waals surface area contributed by atoms with Crippen molar-refractivity contribution in [2.45, 2.75) is 39.0 Å². The first kappa shape index (κ1) is 8.69. The summed E-state index contributed by atoms with van der Waals surface area (Å²) in [6.45, 7) is 2.78. The third-order valence-corrected chi connectivity index (χ3v) is 2.93. The molecule has 0 aromatic rings. The highest BCUT2D eigenvalue weighted by molar-refractivity contribution is 4.76. The maximum Gasteiger partial charge on any atom is 0.0813 e. The average Bonchev–Trinajstić information content (AvgIpc) is 2.47. The van der Waals surface area contributed by atoms with Crippen molar-refractivity contribution >= 4 is 0 Å². The predicted octanol–water partition coefficient (Wildman–Crippen LogP) is 2.97. The Labute approximate surface area is 68.3 Å². The van der Waals surface area contributed by atoms with Crippen LogP contribution in [-0.2, 0) is 0 Å². The lowest BCUT2D eigenvalue weighted by molar-refractivity contribution is 0.359.